The van der Waals surface area contributed by atoms with Gasteiger partial charge < -0.3 is 29.4 Å². The number of hydrogen-bond acceptors (Lipinski definition) is 7. The van der Waals surface area contributed by atoms with Gasteiger partial charge in [0.2, 0.25) is 5.91 Å². The molecule has 1 aliphatic rings. The van der Waals surface area contributed by atoms with Crippen molar-refractivity contribution in [2.75, 3.05) is 19.7 Å². The number of halogens is 2. The number of hydrogen-bond donors (Lipinski definition) is 2. The van der Waals surface area contributed by atoms with Gasteiger partial charge in [0.1, 0.15) is 24.2 Å². The molecule has 268 valence electrons. The predicted octanol–water partition coefficient (Wildman–Crippen LogP) is 6.37. The number of carbonyl (C=O) groups is 2. The minimum absolute atomic E-state index is 0.0265. The average molecular weight is 729 g/mol. The van der Waals surface area contributed by atoms with Crippen molar-refractivity contribution in [2.45, 2.75) is 74.8 Å². The zero-order valence-corrected chi connectivity index (χ0v) is 30.3. The van der Waals surface area contributed by atoms with E-state index in [-0.39, 0.29) is 55.3 Å². The third-order valence-electron chi connectivity index (χ3n) is 8.71. The zero-order valence-electron chi connectivity index (χ0n) is 28.5. The molecular formula is C35H42F2N4O7SSi. The quantitative estimate of drug-likeness (QED) is 0.120. The Morgan fingerprint density at radius 1 is 1.08 bits per heavy atom. The Bertz CT molecular complexity index is 1940. The zero-order chi connectivity index (χ0) is 36.2. The predicted molar refractivity (Wildman–Crippen MR) is 187 cm³/mol. The summed E-state index contributed by atoms with van der Waals surface area (Å²) in [6.07, 6.45) is 1.81. The lowest BCUT2D eigenvalue weighted by molar-refractivity contribution is -0.134. The number of likely N-dealkylation sites (tertiary alicyclic amines) is 1. The summed E-state index contributed by atoms with van der Waals surface area (Å²) in [6, 6.07) is 11.2. The highest BCUT2D eigenvalue weighted by atomic mass is 32.2. The second-order valence-electron chi connectivity index (χ2n) is 13.7. The second-order valence-corrected chi connectivity index (χ2v) is 21.6. The van der Waals surface area contributed by atoms with E-state index in [0.717, 1.165) is 23.7 Å². The number of sulfone groups is 1. The van der Waals surface area contributed by atoms with Crippen LogP contribution in [0.25, 0.3) is 11.0 Å². The van der Waals surface area contributed by atoms with Gasteiger partial charge in [-0.3, -0.25) is 4.79 Å². The number of pyridine rings is 1. The number of carboxylic acid groups (broad SMARTS) is 1. The van der Waals surface area contributed by atoms with Crippen LogP contribution >= 0.6 is 0 Å². The van der Waals surface area contributed by atoms with E-state index in [0.29, 0.717) is 17.6 Å². The van der Waals surface area contributed by atoms with Gasteiger partial charge in [0.25, 0.3) is 0 Å². The second kappa shape index (κ2) is 15.3. The average Bonchev–Trinajstić information content (AvgIpc) is 3.39. The molecule has 15 heteroatoms. The van der Waals surface area contributed by atoms with Crippen molar-refractivity contribution < 1.29 is 41.4 Å². The van der Waals surface area contributed by atoms with Gasteiger partial charge in [0.05, 0.1) is 15.5 Å². The first-order valence-corrected chi connectivity index (χ1v) is 21.6. The number of nitrogens with zero attached hydrogens (tertiary/aromatic N) is 3. The molecule has 5 rings (SSSR count). The standard InChI is InChI=1S/C35H42F2N4O7SSi/c1-23-21-41(22-47-16-17-50(2,3)4)33-31(23)30(10-13-38-33)48-32-27(36)18-24(19-28(32)37)20-29(39-35(43)44)34(42)40-14-11-26(12-15-40)49(45,46)25-8-6-5-7-9-25/h5-10,13,18-19,21,26,29,39H,11-12,14-17,20,22H2,1-4H3,(H,43,44)/t29-/m0/s1. The first kappa shape index (κ1) is 36.9. The van der Waals surface area contributed by atoms with Crippen LogP contribution in [0, 0.1) is 18.6 Å². The molecule has 4 aromatic rings. The minimum Gasteiger partial charge on any atom is -0.465 e. The Kier molecular flexibility index (Phi) is 11.3. The molecule has 3 heterocycles. The Hall–Kier alpha value is -4.34. The van der Waals surface area contributed by atoms with Crippen molar-refractivity contribution in [1.82, 2.24) is 19.8 Å². The van der Waals surface area contributed by atoms with E-state index in [1.165, 1.54) is 29.3 Å². The topological polar surface area (TPSA) is 140 Å². The summed E-state index contributed by atoms with van der Waals surface area (Å²) in [5, 5.41) is 11.5. The fourth-order valence-corrected chi connectivity index (χ4v) is 8.55. The monoisotopic (exact) mass is 728 g/mol. The molecule has 2 aromatic heterocycles. The van der Waals surface area contributed by atoms with Crippen molar-refractivity contribution in [3.8, 4) is 11.5 Å². The van der Waals surface area contributed by atoms with Gasteiger partial charge >= 0.3 is 6.09 Å². The highest BCUT2D eigenvalue weighted by Crippen LogP contribution is 2.35. The highest BCUT2D eigenvalue weighted by Gasteiger charge is 2.35. The van der Waals surface area contributed by atoms with Crippen LogP contribution in [0.2, 0.25) is 25.7 Å². The smallest absolute Gasteiger partial charge is 0.405 e. The molecule has 1 aliphatic heterocycles. The largest absolute Gasteiger partial charge is 0.465 e. The molecule has 2 amide bonds. The summed E-state index contributed by atoms with van der Waals surface area (Å²) in [4.78, 5) is 31.1. The lowest BCUT2D eigenvalue weighted by atomic mass is 10.0. The van der Waals surface area contributed by atoms with E-state index in [1.54, 1.807) is 18.2 Å². The molecule has 0 bridgehead atoms. The van der Waals surface area contributed by atoms with E-state index in [2.05, 4.69) is 29.9 Å². The summed E-state index contributed by atoms with van der Waals surface area (Å²) in [5.41, 5.74) is 1.34. The third-order valence-corrected chi connectivity index (χ3v) is 12.7. The van der Waals surface area contributed by atoms with Gasteiger partial charge in [-0.25, -0.2) is 27.0 Å². The van der Waals surface area contributed by atoms with E-state index >= 15 is 8.78 Å². The molecule has 11 nitrogen and oxygen atoms in total. The number of aryl methyl sites for hydroxylation is 1. The Balaban J connectivity index is 1.28. The number of piperidine rings is 1. The van der Waals surface area contributed by atoms with Crippen molar-refractivity contribution in [3.05, 3.63) is 83.7 Å². The first-order chi connectivity index (χ1) is 23.6. The molecule has 1 saturated heterocycles. The number of carbonyl (C=O) groups excluding carboxylic acids is 1. The lowest BCUT2D eigenvalue weighted by Crippen LogP contribution is -2.52. The van der Waals surface area contributed by atoms with Gasteiger partial charge in [-0.05, 0) is 67.3 Å². The fourth-order valence-electron chi connectivity index (χ4n) is 6.04. The van der Waals surface area contributed by atoms with Crippen LogP contribution in [0.5, 0.6) is 11.5 Å². The van der Waals surface area contributed by atoms with E-state index in [9.17, 15) is 23.1 Å². The van der Waals surface area contributed by atoms with E-state index < -0.39 is 58.6 Å². The molecule has 2 N–H and O–H groups in total. The van der Waals surface area contributed by atoms with Crippen molar-refractivity contribution >= 4 is 40.9 Å². The highest BCUT2D eigenvalue weighted by molar-refractivity contribution is 7.92. The fraction of sp³-hybridized carbons (Fsp3) is 0.400. The van der Waals surface area contributed by atoms with Crippen molar-refractivity contribution in [2.24, 2.45) is 0 Å². The van der Waals surface area contributed by atoms with Crippen LogP contribution in [0.3, 0.4) is 0 Å². The number of benzene rings is 2. The Labute approximate surface area is 291 Å². The van der Waals surface area contributed by atoms with Gasteiger partial charge in [-0.15, -0.1) is 0 Å². The number of ether oxygens (including phenoxy) is 2. The Morgan fingerprint density at radius 2 is 1.74 bits per heavy atom. The van der Waals surface area contributed by atoms with Crippen molar-refractivity contribution in [1.29, 1.82) is 0 Å². The lowest BCUT2D eigenvalue weighted by Gasteiger charge is -2.34. The summed E-state index contributed by atoms with van der Waals surface area (Å²) >= 11 is 0. The normalized spacial score (nSPS) is 14.9. The number of aromatic nitrogens is 2. The van der Waals surface area contributed by atoms with Crippen molar-refractivity contribution in [3.63, 3.8) is 0 Å². The summed E-state index contributed by atoms with van der Waals surface area (Å²) in [7, 11) is -4.88. The molecule has 0 saturated carbocycles. The van der Waals surface area contributed by atoms with Crippen LogP contribution in [-0.4, -0.2) is 79.0 Å². The number of nitrogens with one attached hydrogen (secondary N) is 1. The van der Waals surface area contributed by atoms with E-state index in [1.807, 2.05) is 17.7 Å². The summed E-state index contributed by atoms with van der Waals surface area (Å²) < 4.78 is 70.6. The van der Waals surface area contributed by atoms with Crippen LogP contribution in [0.4, 0.5) is 13.6 Å². The van der Waals surface area contributed by atoms with Gasteiger partial charge in [-0.1, -0.05) is 37.8 Å². The van der Waals surface area contributed by atoms with Gasteiger partial charge in [-0.2, -0.15) is 0 Å². The summed E-state index contributed by atoms with van der Waals surface area (Å²) in [6.45, 7) is 9.66. The number of amides is 2. The van der Waals surface area contributed by atoms with Gasteiger partial charge in [0, 0.05) is 46.6 Å². The SMILES string of the molecule is Cc1cn(COCC[Si](C)(C)C)c2nccc(Oc3c(F)cc(C[C@H](NC(=O)O)C(=O)N4CCC(S(=O)(=O)c5ccccc5)CC4)cc3F)c12. The minimum atomic E-state index is -3.61. The third kappa shape index (κ3) is 8.68. The molecule has 50 heavy (non-hydrogen) atoms. The number of fused-ring (bicyclic) bond motifs is 1. The Morgan fingerprint density at radius 3 is 2.36 bits per heavy atom. The van der Waals surface area contributed by atoms with Crippen LogP contribution < -0.4 is 10.1 Å². The molecule has 0 aliphatic carbocycles. The summed E-state index contributed by atoms with van der Waals surface area (Å²) in [5.74, 6) is -3.16. The maximum Gasteiger partial charge on any atom is 0.405 e. The number of rotatable bonds is 13. The maximum absolute atomic E-state index is 15.5. The van der Waals surface area contributed by atoms with E-state index in [4.69, 9.17) is 9.47 Å². The molecule has 2 aromatic carbocycles. The molecule has 1 fully saturated rings. The van der Waals surface area contributed by atoms with Gasteiger partial charge in [0.15, 0.2) is 27.2 Å². The molecule has 0 radical (unpaired) electrons. The molecule has 1 atom stereocenters. The molecular weight excluding hydrogens is 687 g/mol. The van der Waals surface area contributed by atoms with Crippen LogP contribution in [0.1, 0.15) is 24.0 Å². The van der Waals surface area contributed by atoms with Crippen LogP contribution in [-0.2, 0) is 32.5 Å². The molecule has 0 unspecified atom stereocenters. The maximum atomic E-state index is 15.5. The first-order valence-electron chi connectivity index (χ1n) is 16.4. The molecule has 0 spiro atoms. The van der Waals surface area contributed by atoms with Crippen LogP contribution in [0.15, 0.2) is 65.8 Å².